The molecule has 0 unspecified atom stereocenters. The normalized spacial score (nSPS) is 18.7. The Labute approximate surface area is 114 Å². The van der Waals surface area contributed by atoms with Crippen molar-refractivity contribution in [1.82, 2.24) is 4.90 Å². The lowest BCUT2D eigenvalue weighted by molar-refractivity contribution is -0.143. The molecule has 7 heteroatoms. The zero-order chi connectivity index (χ0) is 14.7. The highest BCUT2D eigenvalue weighted by Gasteiger charge is 2.28. The van der Waals surface area contributed by atoms with Crippen LogP contribution in [0.25, 0.3) is 0 Å². The second-order valence-corrected chi connectivity index (χ2v) is 4.71. The largest absolute Gasteiger partial charge is 0.481 e. The van der Waals surface area contributed by atoms with Crippen LogP contribution in [0.4, 0.5) is 19.3 Å². The minimum absolute atomic E-state index is 0.00458. The maximum Gasteiger partial charge on any atom is 0.321 e. The number of anilines is 1. The number of hydrogen-bond donors (Lipinski definition) is 2. The number of hydrogen-bond acceptors (Lipinski definition) is 2. The Morgan fingerprint density at radius 2 is 1.90 bits per heavy atom. The van der Waals surface area contributed by atoms with Gasteiger partial charge in [0.05, 0.1) is 5.92 Å². The first kappa shape index (κ1) is 14.2. The molecule has 108 valence electrons. The topological polar surface area (TPSA) is 69.6 Å². The Bertz CT molecular complexity index is 516. The lowest BCUT2D eigenvalue weighted by Gasteiger charge is -2.30. The number of benzene rings is 1. The smallest absolute Gasteiger partial charge is 0.321 e. The van der Waals surface area contributed by atoms with Gasteiger partial charge in [0.1, 0.15) is 11.6 Å². The van der Waals surface area contributed by atoms with Crippen molar-refractivity contribution in [2.75, 3.05) is 18.4 Å². The third-order valence-electron chi connectivity index (χ3n) is 3.17. The van der Waals surface area contributed by atoms with E-state index in [2.05, 4.69) is 5.32 Å². The van der Waals surface area contributed by atoms with Crippen LogP contribution in [-0.2, 0) is 4.79 Å². The van der Waals surface area contributed by atoms with Crippen molar-refractivity contribution in [3.8, 4) is 0 Å². The van der Waals surface area contributed by atoms with Crippen LogP contribution in [0.15, 0.2) is 18.2 Å². The average Bonchev–Trinajstić information content (AvgIpc) is 2.37. The first-order chi connectivity index (χ1) is 9.45. The molecule has 1 aromatic rings. The number of carboxylic acid groups (broad SMARTS) is 1. The quantitative estimate of drug-likeness (QED) is 0.875. The molecule has 1 fully saturated rings. The van der Waals surface area contributed by atoms with E-state index in [0.717, 1.165) is 12.1 Å². The Morgan fingerprint density at radius 3 is 2.50 bits per heavy atom. The van der Waals surface area contributed by atoms with Gasteiger partial charge in [0.25, 0.3) is 0 Å². The molecule has 0 spiro atoms. The van der Waals surface area contributed by atoms with Crippen molar-refractivity contribution in [3.05, 3.63) is 29.8 Å². The summed E-state index contributed by atoms with van der Waals surface area (Å²) in [7, 11) is 0. The van der Waals surface area contributed by atoms with E-state index in [0.29, 0.717) is 25.5 Å². The summed E-state index contributed by atoms with van der Waals surface area (Å²) < 4.78 is 26.0. The Morgan fingerprint density at radius 1 is 1.25 bits per heavy atom. The Balaban J connectivity index is 2.02. The number of likely N-dealkylation sites (tertiary alicyclic amines) is 1. The maximum absolute atomic E-state index is 13.0. The van der Waals surface area contributed by atoms with E-state index in [9.17, 15) is 18.4 Å². The predicted molar refractivity (Wildman–Crippen MR) is 67.3 cm³/mol. The molecule has 1 aliphatic heterocycles. The van der Waals surface area contributed by atoms with Gasteiger partial charge in [-0.15, -0.1) is 0 Å². The number of piperidine rings is 1. The van der Waals surface area contributed by atoms with E-state index in [1.165, 1.54) is 4.90 Å². The lowest BCUT2D eigenvalue weighted by atomic mass is 9.99. The molecule has 0 aromatic heterocycles. The number of nitrogens with one attached hydrogen (secondary N) is 1. The standard InChI is InChI=1S/C13H14F2N2O3/c14-9-4-10(15)6-11(5-9)16-13(20)17-3-1-2-8(7-17)12(18)19/h4-6,8H,1-3,7H2,(H,16,20)(H,18,19)/t8-/m1/s1. The van der Waals surface area contributed by atoms with Crippen LogP contribution in [-0.4, -0.2) is 35.1 Å². The highest BCUT2D eigenvalue weighted by molar-refractivity contribution is 5.89. The molecule has 1 heterocycles. The zero-order valence-electron chi connectivity index (χ0n) is 10.6. The summed E-state index contributed by atoms with van der Waals surface area (Å²) in [5.41, 5.74) is 0.00458. The van der Waals surface area contributed by atoms with Crippen molar-refractivity contribution < 1.29 is 23.5 Å². The van der Waals surface area contributed by atoms with Gasteiger partial charge in [-0.3, -0.25) is 4.79 Å². The monoisotopic (exact) mass is 284 g/mol. The van der Waals surface area contributed by atoms with Gasteiger partial charge >= 0.3 is 12.0 Å². The molecule has 0 aliphatic carbocycles. The summed E-state index contributed by atoms with van der Waals surface area (Å²) in [6, 6.07) is 2.15. The summed E-state index contributed by atoms with van der Waals surface area (Å²) in [6.45, 7) is 0.520. The van der Waals surface area contributed by atoms with Crippen molar-refractivity contribution >= 4 is 17.7 Å². The molecule has 2 N–H and O–H groups in total. The fourth-order valence-electron chi connectivity index (χ4n) is 2.19. The average molecular weight is 284 g/mol. The van der Waals surface area contributed by atoms with Crippen LogP contribution in [0.1, 0.15) is 12.8 Å². The molecule has 0 bridgehead atoms. The first-order valence-corrected chi connectivity index (χ1v) is 6.20. The van der Waals surface area contributed by atoms with Gasteiger partial charge in [-0.1, -0.05) is 0 Å². The predicted octanol–water partition coefficient (Wildman–Crippen LogP) is 2.29. The first-order valence-electron chi connectivity index (χ1n) is 6.20. The van der Waals surface area contributed by atoms with Gasteiger partial charge in [0.2, 0.25) is 0 Å². The van der Waals surface area contributed by atoms with Crippen LogP contribution in [0, 0.1) is 17.6 Å². The van der Waals surface area contributed by atoms with Gasteiger partial charge in [-0.2, -0.15) is 0 Å². The molecule has 0 radical (unpaired) electrons. The highest BCUT2D eigenvalue weighted by atomic mass is 19.1. The number of halogens is 2. The molecule has 0 saturated carbocycles. The summed E-state index contributed by atoms with van der Waals surface area (Å²) in [5.74, 6) is -3.12. The van der Waals surface area contributed by atoms with Gasteiger partial charge in [0.15, 0.2) is 0 Å². The van der Waals surface area contributed by atoms with E-state index in [1.54, 1.807) is 0 Å². The van der Waals surface area contributed by atoms with Crippen molar-refractivity contribution in [2.45, 2.75) is 12.8 Å². The number of amides is 2. The Hall–Kier alpha value is -2.18. The van der Waals surface area contributed by atoms with Gasteiger partial charge < -0.3 is 15.3 Å². The van der Waals surface area contributed by atoms with E-state index in [4.69, 9.17) is 5.11 Å². The fraction of sp³-hybridized carbons (Fsp3) is 0.385. The van der Waals surface area contributed by atoms with Crippen LogP contribution in [0.2, 0.25) is 0 Å². The number of carbonyl (C=O) groups excluding carboxylic acids is 1. The zero-order valence-corrected chi connectivity index (χ0v) is 10.6. The van der Waals surface area contributed by atoms with E-state index < -0.39 is 29.6 Å². The van der Waals surface area contributed by atoms with Gasteiger partial charge in [-0.25, -0.2) is 13.6 Å². The van der Waals surface area contributed by atoms with E-state index in [-0.39, 0.29) is 12.2 Å². The molecule has 2 rings (SSSR count). The number of rotatable bonds is 2. The number of nitrogens with zero attached hydrogens (tertiary/aromatic N) is 1. The molecule has 20 heavy (non-hydrogen) atoms. The minimum Gasteiger partial charge on any atom is -0.481 e. The van der Waals surface area contributed by atoms with E-state index in [1.807, 2.05) is 0 Å². The maximum atomic E-state index is 13.0. The summed E-state index contributed by atoms with van der Waals surface area (Å²) >= 11 is 0. The van der Waals surface area contributed by atoms with Crippen molar-refractivity contribution in [3.63, 3.8) is 0 Å². The number of carboxylic acids is 1. The van der Waals surface area contributed by atoms with Gasteiger partial charge in [0, 0.05) is 24.8 Å². The van der Waals surface area contributed by atoms with Gasteiger partial charge in [-0.05, 0) is 25.0 Å². The molecular weight excluding hydrogens is 270 g/mol. The molecule has 1 saturated heterocycles. The lowest BCUT2D eigenvalue weighted by Crippen LogP contribution is -2.44. The second kappa shape index (κ2) is 5.85. The van der Waals surface area contributed by atoms with Crippen molar-refractivity contribution in [2.24, 2.45) is 5.92 Å². The highest BCUT2D eigenvalue weighted by Crippen LogP contribution is 2.19. The second-order valence-electron chi connectivity index (χ2n) is 4.71. The van der Waals surface area contributed by atoms with Crippen LogP contribution < -0.4 is 5.32 Å². The van der Waals surface area contributed by atoms with E-state index >= 15 is 0 Å². The summed E-state index contributed by atoms with van der Waals surface area (Å²) in [4.78, 5) is 24.2. The summed E-state index contributed by atoms with van der Waals surface area (Å²) in [5, 5.41) is 11.3. The Kier molecular flexibility index (Phi) is 4.16. The fourth-order valence-corrected chi connectivity index (χ4v) is 2.19. The number of carbonyl (C=O) groups is 2. The van der Waals surface area contributed by atoms with Crippen LogP contribution in [0.5, 0.6) is 0 Å². The SMILES string of the molecule is O=C(O)[C@@H]1CCCN(C(=O)Nc2cc(F)cc(F)c2)C1. The minimum atomic E-state index is -0.945. The van der Waals surface area contributed by atoms with Crippen molar-refractivity contribution in [1.29, 1.82) is 0 Å². The molecule has 2 amide bonds. The molecule has 1 aromatic carbocycles. The molecule has 1 aliphatic rings. The number of urea groups is 1. The third kappa shape index (κ3) is 3.43. The summed E-state index contributed by atoms with van der Waals surface area (Å²) in [6.07, 6.45) is 1.11. The third-order valence-corrected chi connectivity index (χ3v) is 3.17. The number of aliphatic carboxylic acids is 1. The molecular formula is C13H14F2N2O3. The molecule has 1 atom stereocenters. The van der Waals surface area contributed by atoms with Crippen LogP contribution in [0.3, 0.4) is 0 Å². The molecule has 5 nitrogen and oxygen atoms in total. The van der Waals surface area contributed by atoms with Crippen LogP contribution >= 0.6 is 0 Å².